The Hall–Kier alpha value is -2.63. The minimum atomic E-state index is -4.51. The highest BCUT2D eigenvalue weighted by Crippen LogP contribution is 2.38. The summed E-state index contributed by atoms with van der Waals surface area (Å²) in [5.74, 6) is -1.56. The lowest BCUT2D eigenvalue weighted by Gasteiger charge is -2.18. The van der Waals surface area contributed by atoms with Gasteiger partial charge in [0.25, 0.3) is 5.78 Å². The van der Waals surface area contributed by atoms with Gasteiger partial charge in [-0.1, -0.05) is 17.7 Å². The molecule has 0 saturated heterocycles. The van der Waals surface area contributed by atoms with Crippen molar-refractivity contribution < 1.29 is 22.8 Å². The van der Waals surface area contributed by atoms with Crippen LogP contribution in [0.4, 0.5) is 24.5 Å². The van der Waals surface area contributed by atoms with E-state index in [-0.39, 0.29) is 11.3 Å². The molecule has 6 heteroatoms. The first-order chi connectivity index (χ1) is 10.3. The number of anilines is 2. The summed E-state index contributed by atoms with van der Waals surface area (Å²) in [6, 6.07) is 9.18. The molecule has 0 saturated carbocycles. The molecule has 1 heterocycles. The number of hydrogen-bond acceptors (Lipinski definition) is 2. The number of hydrogen-bond donors (Lipinski definition) is 0. The van der Waals surface area contributed by atoms with Gasteiger partial charge >= 0.3 is 12.1 Å². The second kappa shape index (κ2) is 4.69. The van der Waals surface area contributed by atoms with Gasteiger partial charge in [-0.3, -0.25) is 14.5 Å². The van der Waals surface area contributed by atoms with Gasteiger partial charge in [0.05, 0.1) is 16.8 Å². The van der Waals surface area contributed by atoms with Crippen LogP contribution in [0.25, 0.3) is 0 Å². The number of benzene rings is 2. The number of ketones is 1. The summed E-state index contributed by atoms with van der Waals surface area (Å²) in [7, 11) is 0. The van der Waals surface area contributed by atoms with Crippen molar-refractivity contribution in [3.63, 3.8) is 0 Å². The van der Waals surface area contributed by atoms with Gasteiger partial charge in [-0.2, -0.15) is 13.2 Å². The molecule has 3 nitrogen and oxygen atoms in total. The number of amides is 1. The average Bonchev–Trinajstić information content (AvgIpc) is 2.70. The number of carbonyl (C=O) groups excluding carboxylic acids is 2. The molecule has 0 unspecified atom stereocenters. The summed E-state index contributed by atoms with van der Waals surface area (Å²) in [6.07, 6.45) is -4.51. The second-order valence-corrected chi connectivity index (χ2v) is 5.04. The van der Waals surface area contributed by atoms with Gasteiger partial charge in [-0.05, 0) is 37.3 Å². The summed E-state index contributed by atoms with van der Waals surface area (Å²) in [4.78, 5) is 25.2. The Morgan fingerprint density at radius 1 is 1.00 bits per heavy atom. The van der Waals surface area contributed by atoms with Crippen molar-refractivity contribution in [2.24, 2.45) is 0 Å². The van der Waals surface area contributed by atoms with E-state index < -0.39 is 23.4 Å². The summed E-state index contributed by atoms with van der Waals surface area (Å²) in [6.45, 7) is 1.77. The van der Waals surface area contributed by atoms with Crippen molar-refractivity contribution >= 4 is 23.1 Å². The van der Waals surface area contributed by atoms with E-state index >= 15 is 0 Å². The smallest absolute Gasteiger partial charge is 0.283 e. The normalized spacial score (nSPS) is 14.5. The number of alkyl halides is 3. The van der Waals surface area contributed by atoms with Crippen molar-refractivity contribution in [1.29, 1.82) is 0 Å². The monoisotopic (exact) mass is 305 g/mol. The quantitative estimate of drug-likeness (QED) is 0.750. The van der Waals surface area contributed by atoms with Gasteiger partial charge in [-0.15, -0.1) is 0 Å². The van der Waals surface area contributed by atoms with E-state index in [0.717, 1.165) is 22.6 Å². The SMILES string of the molecule is Cc1ccc2c(c1)C(=O)C(=O)N2c1cccc(C(F)(F)F)c1. The van der Waals surface area contributed by atoms with Gasteiger partial charge in [0, 0.05) is 5.69 Å². The van der Waals surface area contributed by atoms with E-state index in [1.807, 2.05) is 0 Å². The summed E-state index contributed by atoms with van der Waals surface area (Å²) >= 11 is 0. The van der Waals surface area contributed by atoms with Gasteiger partial charge < -0.3 is 0 Å². The number of nitrogens with zero attached hydrogens (tertiary/aromatic N) is 1. The number of halogens is 3. The Morgan fingerprint density at radius 2 is 1.73 bits per heavy atom. The molecule has 22 heavy (non-hydrogen) atoms. The predicted octanol–water partition coefficient (Wildman–Crippen LogP) is 3.87. The highest BCUT2D eigenvalue weighted by molar-refractivity contribution is 6.53. The third kappa shape index (κ3) is 2.16. The fraction of sp³-hybridized carbons (Fsp3) is 0.125. The molecule has 1 amide bonds. The summed E-state index contributed by atoms with van der Waals surface area (Å²) in [5, 5.41) is 0. The molecule has 0 bridgehead atoms. The molecule has 0 fully saturated rings. The second-order valence-electron chi connectivity index (χ2n) is 5.04. The maximum atomic E-state index is 12.8. The fourth-order valence-corrected chi connectivity index (χ4v) is 2.43. The third-order valence-electron chi connectivity index (χ3n) is 3.47. The summed E-state index contributed by atoms with van der Waals surface area (Å²) < 4.78 is 38.4. The Morgan fingerprint density at radius 3 is 2.41 bits per heavy atom. The van der Waals surface area contributed by atoms with E-state index in [4.69, 9.17) is 0 Å². The standard InChI is InChI=1S/C16H10F3NO2/c1-9-5-6-13-12(7-9)14(21)15(22)20(13)11-4-2-3-10(8-11)16(17,18)19/h2-8H,1H3. The Kier molecular flexibility index (Phi) is 3.05. The van der Waals surface area contributed by atoms with Crippen LogP contribution < -0.4 is 4.90 Å². The molecule has 112 valence electrons. The molecular formula is C16H10F3NO2. The number of carbonyl (C=O) groups is 2. The van der Waals surface area contributed by atoms with Crippen molar-refractivity contribution in [3.05, 3.63) is 59.2 Å². The molecule has 0 aliphatic carbocycles. The molecule has 1 aliphatic heterocycles. The van der Waals surface area contributed by atoms with Crippen LogP contribution in [0.2, 0.25) is 0 Å². The zero-order chi connectivity index (χ0) is 16.1. The van der Waals surface area contributed by atoms with Crippen molar-refractivity contribution in [2.45, 2.75) is 13.1 Å². The zero-order valence-electron chi connectivity index (χ0n) is 11.4. The minimum absolute atomic E-state index is 0.0239. The molecule has 2 aromatic rings. The lowest BCUT2D eigenvalue weighted by Crippen LogP contribution is -2.25. The van der Waals surface area contributed by atoms with Crippen LogP contribution in [0.1, 0.15) is 21.5 Å². The molecule has 0 N–H and O–H groups in total. The van der Waals surface area contributed by atoms with E-state index in [1.165, 1.54) is 12.1 Å². The molecule has 0 atom stereocenters. The molecule has 0 radical (unpaired) electrons. The maximum absolute atomic E-state index is 12.8. The van der Waals surface area contributed by atoms with Crippen molar-refractivity contribution in [3.8, 4) is 0 Å². The van der Waals surface area contributed by atoms with Crippen LogP contribution in [0, 0.1) is 6.92 Å². The number of Topliss-reactive ketones (excluding diaryl/α,β-unsaturated/α-hetero) is 1. The molecular weight excluding hydrogens is 295 g/mol. The van der Waals surface area contributed by atoms with Gasteiger partial charge in [0.2, 0.25) is 0 Å². The van der Waals surface area contributed by atoms with Crippen LogP contribution in [0.15, 0.2) is 42.5 Å². The number of aryl methyl sites for hydroxylation is 1. The Labute approximate surface area is 124 Å². The first-order valence-corrected chi connectivity index (χ1v) is 6.46. The molecule has 0 spiro atoms. The highest BCUT2D eigenvalue weighted by Gasteiger charge is 2.38. The molecule has 0 aromatic heterocycles. The van der Waals surface area contributed by atoms with Crippen molar-refractivity contribution in [2.75, 3.05) is 4.90 Å². The highest BCUT2D eigenvalue weighted by atomic mass is 19.4. The van der Waals surface area contributed by atoms with Crippen LogP contribution in [-0.4, -0.2) is 11.7 Å². The van der Waals surface area contributed by atoms with Crippen LogP contribution in [0.5, 0.6) is 0 Å². The van der Waals surface area contributed by atoms with Crippen LogP contribution in [0.3, 0.4) is 0 Å². The summed E-state index contributed by atoms with van der Waals surface area (Å²) in [5.41, 5.74) is 0.467. The Bertz CT molecular complexity index is 796. The molecule has 2 aromatic carbocycles. The molecule has 3 rings (SSSR count). The van der Waals surface area contributed by atoms with E-state index in [2.05, 4.69) is 0 Å². The maximum Gasteiger partial charge on any atom is 0.416 e. The van der Waals surface area contributed by atoms with Gasteiger partial charge in [0.15, 0.2) is 0 Å². The van der Waals surface area contributed by atoms with Crippen LogP contribution >= 0.6 is 0 Å². The average molecular weight is 305 g/mol. The first-order valence-electron chi connectivity index (χ1n) is 6.46. The zero-order valence-corrected chi connectivity index (χ0v) is 11.4. The number of rotatable bonds is 1. The van der Waals surface area contributed by atoms with E-state index in [1.54, 1.807) is 25.1 Å². The largest absolute Gasteiger partial charge is 0.416 e. The first kappa shape index (κ1) is 14.3. The van der Waals surface area contributed by atoms with Gasteiger partial charge in [-0.25, -0.2) is 0 Å². The van der Waals surface area contributed by atoms with Crippen LogP contribution in [-0.2, 0) is 11.0 Å². The minimum Gasteiger partial charge on any atom is -0.283 e. The number of fused-ring (bicyclic) bond motifs is 1. The fourth-order valence-electron chi connectivity index (χ4n) is 2.43. The lowest BCUT2D eigenvalue weighted by molar-refractivity contribution is -0.137. The van der Waals surface area contributed by atoms with Crippen molar-refractivity contribution in [1.82, 2.24) is 0 Å². The van der Waals surface area contributed by atoms with E-state index in [0.29, 0.717) is 5.69 Å². The lowest BCUT2D eigenvalue weighted by atomic mass is 10.1. The predicted molar refractivity (Wildman–Crippen MR) is 74.1 cm³/mol. The Balaban J connectivity index is 2.14. The molecule has 1 aliphatic rings. The topological polar surface area (TPSA) is 37.4 Å². The van der Waals surface area contributed by atoms with Gasteiger partial charge in [0.1, 0.15) is 0 Å². The third-order valence-corrected chi connectivity index (χ3v) is 3.47. The van der Waals surface area contributed by atoms with E-state index in [9.17, 15) is 22.8 Å².